The maximum Gasteiger partial charge on any atom is 0.258 e. The van der Waals surface area contributed by atoms with Gasteiger partial charge in [-0.1, -0.05) is 12.1 Å². The third-order valence-corrected chi connectivity index (χ3v) is 2.16. The van der Waals surface area contributed by atoms with Gasteiger partial charge in [-0.2, -0.15) is 0 Å². The van der Waals surface area contributed by atoms with Crippen LogP contribution in [0.25, 0.3) is 0 Å². The Morgan fingerprint density at radius 2 is 1.92 bits per heavy atom. The van der Waals surface area contributed by atoms with Crippen LogP contribution < -0.4 is 0 Å². The first-order valence-electron chi connectivity index (χ1n) is 3.70. The lowest BCUT2D eigenvalue weighted by Crippen LogP contribution is -2.02. The highest BCUT2D eigenvalue weighted by atomic mass is 35.5. The second kappa shape index (κ2) is 4.01. The normalized spacial score (nSPS) is 13.4. The minimum absolute atomic E-state index is 0.246. The van der Waals surface area contributed by atoms with Crippen LogP contribution in [0.4, 0.5) is 13.2 Å². The summed E-state index contributed by atoms with van der Waals surface area (Å²) in [6.07, 6.45) is -2.63. The maximum atomic E-state index is 12.7. The molecule has 0 heterocycles. The Kier molecular flexibility index (Phi) is 3.20. The van der Waals surface area contributed by atoms with Crippen LogP contribution >= 0.6 is 11.6 Å². The first-order valence-corrected chi connectivity index (χ1v) is 4.14. The lowest BCUT2D eigenvalue weighted by atomic mass is 10.1. The van der Waals surface area contributed by atoms with E-state index in [-0.39, 0.29) is 5.56 Å². The fourth-order valence-electron chi connectivity index (χ4n) is 0.985. The van der Waals surface area contributed by atoms with Gasteiger partial charge >= 0.3 is 0 Å². The fourth-order valence-corrected chi connectivity index (χ4v) is 1.12. The number of benzene rings is 1. The predicted molar refractivity (Wildman–Crippen MR) is 45.7 cm³/mol. The molecular weight excluding hydrogens is 201 g/mol. The Bertz CT molecular complexity index is 299. The zero-order valence-corrected chi connectivity index (χ0v) is 7.65. The highest BCUT2D eigenvalue weighted by Gasteiger charge is 2.19. The van der Waals surface area contributed by atoms with Crippen molar-refractivity contribution in [1.82, 2.24) is 0 Å². The van der Waals surface area contributed by atoms with Gasteiger partial charge in [0.25, 0.3) is 6.43 Å². The highest BCUT2D eigenvalue weighted by molar-refractivity contribution is 6.21. The molecule has 0 N–H and O–H groups in total. The molecule has 72 valence electrons. The van der Waals surface area contributed by atoms with Gasteiger partial charge in [0.1, 0.15) is 11.2 Å². The third-order valence-electron chi connectivity index (χ3n) is 1.72. The average molecular weight is 209 g/mol. The van der Waals surface area contributed by atoms with Crippen LogP contribution in [0, 0.1) is 12.7 Å². The second-order valence-corrected chi connectivity index (χ2v) is 3.22. The van der Waals surface area contributed by atoms with Gasteiger partial charge in [-0.05, 0) is 24.1 Å². The minimum atomic E-state index is -2.63. The Labute approximate surface area is 79.3 Å². The standard InChI is InChI=1S/C9H8ClF3/c1-5-4-6(2-3-7(5)11)8(10)9(12)13/h2-4,8-9H,1H3. The first-order chi connectivity index (χ1) is 6.02. The molecule has 13 heavy (non-hydrogen) atoms. The van der Waals surface area contributed by atoms with Crippen LogP contribution in [0.2, 0.25) is 0 Å². The topological polar surface area (TPSA) is 0 Å². The van der Waals surface area contributed by atoms with Crippen LogP contribution in [0.3, 0.4) is 0 Å². The third kappa shape index (κ3) is 2.37. The maximum absolute atomic E-state index is 12.7. The summed E-state index contributed by atoms with van der Waals surface area (Å²) in [6.45, 7) is 1.51. The van der Waals surface area contributed by atoms with E-state index < -0.39 is 17.6 Å². The summed E-state index contributed by atoms with van der Waals surface area (Å²) in [5.41, 5.74) is 0.569. The summed E-state index contributed by atoms with van der Waals surface area (Å²) >= 11 is 5.39. The molecule has 1 atom stereocenters. The summed E-state index contributed by atoms with van der Waals surface area (Å²) < 4.78 is 37.0. The van der Waals surface area contributed by atoms with E-state index in [0.29, 0.717) is 5.56 Å². The lowest BCUT2D eigenvalue weighted by molar-refractivity contribution is 0.143. The van der Waals surface area contributed by atoms with E-state index in [0.717, 1.165) is 6.07 Å². The van der Waals surface area contributed by atoms with E-state index in [1.165, 1.54) is 19.1 Å². The quantitative estimate of drug-likeness (QED) is 0.651. The van der Waals surface area contributed by atoms with Gasteiger partial charge in [0, 0.05) is 0 Å². The molecule has 0 spiro atoms. The van der Waals surface area contributed by atoms with Gasteiger partial charge in [0.05, 0.1) is 0 Å². The van der Waals surface area contributed by atoms with Crippen LogP contribution in [0.5, 0.6) is 0 Å². The van der Waals surface area contributed by atoms with E-state index in [1.54, 1.807) is 0 Å². The molecular formula is C9H8ClF3. The monoisotopic (exact) mass is 208 g/mol. The lowest BCUT2D eigenvalue weighted by Gasteiger charge is -2.09. The predicted octanol–water partition coefficient (Wildman–Crippen LogP) is 3.68. The number of hydrogen-bond donors (Lipinski definition) is 0. The van der Waals surface area contributed by atoms with Crippen molar-refractivity contribution in [2.75, 3.05) is 0 Å². The van der Waals surface area contributed by atoms with E-state index in [1.807, 2.05) is 0 Å². The fraction of sp³-hybridized carbons (Fsp3) is 0.333. The summed E-state index contributed by atoms with van der Waals surface area (Å²) in [5, 5.41) is -1.36. The van der Waals surface area contributed by atoms with Crippen molar-refractivity contribution in [1.29, 1.82) is 0 Å². The Hall–Kier alpha value is -0.700. The summed E-state index contributed by atoms with van der Waals surface area (Å²) in [7, 11) is 0. The van der Waals surface area contributed by atoms with Crippen LogP contribution in [-0.4, -0.2) is 6.43 Å². The number of halogens is 4. The Balaban J connectivity index is 2.97. The second-order valence-electron chi connectivity index (χ2n) is 2.74. The van der Waals surface area contributed by atoms with Crippen LogP contribution in [0.1, 0.15) is 16.5 Å². The van der Waals surface area contributed by atoms with Gasteiger partial charge < -0.3 is 0 Å². The molecule has 0 saturated heterocycles. The van der Waals surface area contributed by atoms with Crippen molar-refractivity contribution in [2.45, 2.75) is 18.7 Å². The molecule has 0 amide bonds. The van der Waals surface area contributed by atoms with Gasteiger partial charge in [-0.3, -0.25) is 0 Å². The van der Waals surface area contributed by atoms with Crippen molar-refractivity contribution in [3.05, 3.63) is 35.1 Å². The van der Waals surface area contributed by atoms with Crippen molar-refractivity contribution in [3.63, 3.8) is 0 Å². The molecule has 1 aromatic rings. The van der Waals surface area contributed by atoms with Crippen molar-refractivity contribution < 1.29 is 13.2 Å². The van der Waals surface area contributed by atoms with E-state index >= 15 is 0 Å². The minimum Gasteiger partial charge on any atom is -0.208 e. The smallest absolute Gasteiger partial charge is 0.208 e. The van der Waals surface area contributed by atoms with Gasteiger partial charge in [0.2, 0.25) is 0 Å². The Morgan fingerprint density at radius 3 is 2.38 bits per heavy atom. The average Bonchev–Trinajstić information content (AvgIpc) is 2.08. The van der Waals surface area contributed by atoms with Crippen LogP contribution in [0.15, 0.2) is 18.2 Å². The van der Waals surface area contributed by atoms with E-state index in [9.17, 15) is 13.2 Å². The van der Waals surface area contributed by atoms with Gasteiger partial charge in [0.15, 0.2) is 0 Å². The number of aryl methyl sites for hydroxylation is 1. The number of rotatable bonds is 2. The SMILES string of the molecule is Cc1cc(C(Cl)C(F)F)ccc1F. The molecule has 0 radical (unpaired) electrons. The molecule has 0 aliphatic carbocycles. The van der Waals surface area contributed by atoms with Crippen molar-refractivity contribution >= 4 is 11.6 Å². The van der Waals surface area contributed by atoms with Crippen molar-refractivity contribution in [3.8, 4) is 0 Å². The molecule has 0 nitrogen and oxygen atoms in total. The molecule has 1 rings (SSSR count). The Morgan fingerprint density at radius 1 is 1.31 bits per heavy atom. The van der Waals surface area contributed by atoms with Gasteiger partial charge in [-0.15, -0.1) is 11.6 Å². The first kappa shape index (κ1) is 10.4. The molecule has 1 aromatic carbocycles. The zero-order valence-electron chi connectivity index (χ0n) is 6.90. The molecule has 4 heteroatoms. The molecule has 1 unspecified atom stereocenters. The molecule has 0 saturated carbocycles. The highest BCUT2D eigenvalue weighted by Crippen LogP contribution is 2.28. The van der Waals surface area contributed by atoms with E-state index in [2.05, 4.69) is 0 Å². The summed E-state index contributed by atoms with van der Waals surface area (Å²) in [4.78, 5) is 0. The molecule has 0 aromatic heterocycles. The van der Waals surface area contributed by atoms with Gasteiger partial charge in [-0.25, -0.2) is 13.2 Å². The number of hydrogen-bond acceptors (Lipinski definition) is 0. The molecule has 0 aliphatic heterocycles. The number of alkyl halides is 3. The largest absolute Gasteiger partial charge is 0.258 e. The molecule has 0 fully saturated rings. The van der Waals surface area contributed by atoms with Crippen LogP contribution in [-0.2, 0) is 0 Å². The molecule has 0 aliphatic rings. The molecule has 0 bridgehead atoms. The van der Waals surface area contributed by atoms with Crippen molar-refractivity contribution in [2.24, 2.45) is 0 Å². The van der Waals surface area contributed by atoms with E-state index in [4.69, 9.17) is 11.6 Å². The summed E-state index contributed by atoms with van der Waals surface area (Å²) in [6, 6.07) is 3.74. The zero-order chi connectivity index (χ0) is 10.0. The summed E-state index contributed by atoms with van der Waals surface area (Å²) in [5.74, 6) is -0.415.